The van der Waals surface area contributed by atoms with Crippen molar-refractivity contribution < 1.29 is 33.3 Å². The summed E-state index contributed by atoms with van der Waals surface area (Å²) in [6.45, 7) is 5.29. The molecule has 4 heterocycles. The molecule has 0 aromatic carbocycles. The number of ether oxygens (including phenoxy) is 4. The van der Waals surface area contributed by atoms with Gasteiger partial charge in [-0.3, -0.25) is 19.0 Å². The van der Waals surface area contributed by atoms with Crippen molar-refractivity contribution in [1.82, 2.24) is 24.5 Å². The van der Waals surface area contributed by atoms with Crippen LogP contribution >= 0.6 is 15.9 Å². The van der Waals surface area contributed by atoms with Crippen LogP contribution in [0.5, 0.6) is 0 Å². The van der Waals surface area contributed by atoms with Gasteiger partial charge >= 0.3 is 17.9 Å². The number of nitrogens with zero attached hydrogens (tertiary/aromatic N) is 5. The van der Waals surface area contributed by atoms with E-state index < -0.39 is 42.4 Å². The van der Waals surface area contributed by atoms with Crippen LogP contribution in [0.3, 0.4) is 0 Å². The molecular weight excluding hydrogens is 528 g/mol. The predicted octanol–water partition coefficient (Wildman–Crippen LogP) is 1.73. The molecule has 0 amide bonds. The highest BCUT2D eigenvalue weighted by molar-refractivity contribution is 9.10. The molecule has 2 aliphatic heterocycles. The third kappa shape index (κ3) is 5.87. The number of hydrogen-bond donors (Lipinski definition) is 1. The van der Waals surface area contributed by atoms with E-state index in [2.05, 4.69) is 41.3 Å². The summed E-state index contributed by atoms with van der Waals surface area (Å²) in [5, 5.41) is 2.08. The molecule has 0 spiro atoms. The van der Waals surface area contributed by atoms with Gasteiger partial charge < -0.3 is 24.4 Å². The Morgan fingerprint density at radius 3 is 2.40 bits per heavy atom. The van der Waals surface area contributed by atoms with Crippen LogP contribution in [0, 0.1) is 0 Å². The molecule has 0 saturated carbocycles. The highest BCUT2D eigenvalue weighted by Crippen LogP contribution is 2.37. The van der Waals surface area contributed by atoms with E-state index in [-0.39, 0.29) is 6.61 Å². The number of carbonyl (C=O) groups is 3. The van der Waals surface area contributed by atoms with Gasteiger partial charge in [-0.15, -0.1) is 0 Å². The Kier molecular flexibility index (Phi) is 7.82. The number of hydrogen-bond acceptors (Lipinski definition) is 12. The van der Waals surface area contributed by atoms with Crippen molar-refractivity contribution in [3.63, 3.8) is 0 Å². The minimum atomic E-state index is -1.04. The van der Waals surface area contributed by atoms with Gasteiger partial charge in [0.25, 0.3) is 0 Å². The fraction of sp³-hybridized carbons (Fsp3) is 0.619. The second-order valence-corrected chi connectivity index (χ2v) is 9.05. The fourth-order valence-corrected chi connectivity index (χ4v) is 4.57. The van der Waals surface area contributed by atoms with E-state index in [4.69, 9.17) is 18.9 Å². The number of piperidine rings is 1. The van der Waals surface area contributed by atoms with E-state index >= 15 is 0 Å². The van der Waals surface area contributed by atoms with E-state index in [0.717, 1.165) is 25.9 Å². The summed E-state index contributed by atoms with van der Waals surface area (Å²) in [5.74, 6) is -1.21. The van der Waals surface area contributed by atoms with E-state index in [1.165, 1.54) is 33.5 Å². The van der Waals surface area contributed by atoms with Crippen LogP contribution in [0.2, 0.25) is 0 Å². The molecule has 2 aromatic rings. The summed E-state index contributed by atoms with van der Waals surface area (Å²) < 4.78 is 24.1. The lowest BCUT2D eigenvalue weighted by molar-refractivity contribution is -0.166. The molecule has 0 unspecified atom stereocenters. The van der Waals surface area contributed by atoms with Crippen molar-refractivity contribution in [2.24, 2.45) is 0 Å². The lowest BCUT2D eigenvalue weighted by Gasteiger charge is -2.27. The van der Waals surface area contributed by atoms with Gasteiger partial charge in [0.2, 0.25) is 4.73 Å². The van der Waals surface area contributed by atoms with Crippen LogP contribution in [0.4, 0.5) is 5.82 Å². The Morgan fingerprint density at radius 1 is 1.06 bits per heavy atom. The first-order valence-corrected chi connectivity index (χ1v) is 12.1. The monoisotopic (exact) mass is 554 g/mol. The summed E-state index contributed by atoms with van der Waals surface area (Å²) in [4.78, 5) is 48.5. The topological polar surface area (TPSA) is 147 Å². The van der Waals surface area contributed by atoms with Crippen molar-refractivity contribution in [3.8, 4) is 0 Å². The second kappa shape index (κ2) is 10.8. The molecule has 2 fully saturated rings. The van der Waals surface area contributed by atoms with Crippen LogP contribution in [-0.2, 0) is 33.3 Å². The molecule has 0 bridgehead atoms. The third-order valence-corrected chi connectivity index (χ3v) is 5.98. The lowest BCUT2D eigenvalue weighted by Crippen LogP contribution is -2.40. The van der Waals surface area contributed by atoms with Gasteiger partial charge in [-0.2, -0.15) is 0 Å². The number of aromatic nitrogens is 4. The number of anilines is 1. The van der Waals surface area contributed by atoms with E-state index in [1.807, 2.05) is 0 Å². The number of hydrazine groups is 1. The van der Waals surface area contributed by atoms with Crippen molar-refractivity contribution in [3.05, 3.63) is 11.1 Å². The van der Waals surface area contributed by atoms with Crippen molar-refractivity contribution in [2.75, 3.05) is 25.1 Å². The number of carbonyl (C=O) groups excluding carboxylic acids is 3. The first-order valence-electron chi connectivity index (χ1n) is 11.3. The van der Waals surface area contributed by atoms with Gasteiger partial charge in [-0.25, -0.2) is 20.0 Å². The van der Waals surface area contributed by atoms with Crippen molar-refractivity contribution >= 4 is 50.8 Å². The smallest absolute Gasteiger partial charge is 0.303 e. The fourth-order valence-electron chi connectivity index (χ4n) is 4.23. The number of halogens is 1. The Bertz CT molecular complexity index is 1110. The summed E-state index contributed by atoms with van der Waals surface area (Å²) >= 11 is 3.35. The largest absolute Gasteiger partial charge is 0.463 e. The second-order valence-electron chi connectivity index (χ2n) is 8.34. The molecule has 0 aliphatic carbocycles. The lowest BCUT2D eigenvalue weighted by atomic mass is 10.1. The number of imidazole rings is 1. The quantitative estimate of drug-likeness (QED) is 0.301. The molecule has 0 radical (unpaired) electrons. The van der Waals surface area contributed by atoms with Gasteiger partial charge in [-0.05, 0) is 28.8 Å². The Labute approximate surface area is 209 Å². The SMILES string of the molecule is CC(=O)OC[C@H]1O[C@@H](n2cnc3c(NN4CCCCC4)nc(Br)nc32)[C@H](OC(C)=O)[C@@H]1OC(C)=O. The zero-order valence-corrected chi connectivity index (χ0v) is 21.2. The van der Waals surface area contributed by atoms with E-state index in [9.17, 15) is 14.4 Å². The maximum Gasteiger partial charge on any atom is 0.303 e. The van der Waals surface area contributed by atoms with Gasteiger partial charge in [0, 0.05) is 33.9 Å². The Morgan fingerprint density at radius 2 is 1.74 bits per heavy atom. The highest BCUT2D eigenvalue weighted by Gasteiger charge is 2.51. The molecule has 4 rings (SSSR count). The van der Waals surface area contributed by atoms with Gasteiger partial charge in [0.05, 0.1) is 6.33 Å². The summed E-state index contributed by atoms with van der Waals surface area (Å²) in [7, 11) is 0. The Balaban J connectivity index is 1.70. The maximum absolute atomic E-state index is 11.9. The summed E-state index contributed by atoms with van der Waals surface area (Å²) in [6.07, 6.45) is 0.939. The zero-order chi connectivity index (χ0) is 25.1. The first-order chi connectivity index (χ1) is 16.7. The molecule has 1 N–H and O–H groups in total. The average Bonchev–Trinajstić information content (AvgIpc) is 3.34. The number of esters is 3. The number of rotatable bonds is 7. The molecule has 2 saturated heterocycles. The molecular formula is C21H27BrN6O7. The van der Waals surface area contributed by atoms with E-state index in [0.29, 0.717) is 21.7 Å². The van der Waals surface area contributed by atoms with Crippen LogP contribution in [-0.4, -0.2) is 80.4 Å². The van der Waals surface area contributed by atoms with E-state index in [1.54, 1.807) is 4.57 Å². The third-order valence-electron chi connectivity index (χ3n) is 5.63. The predicted molar refractivity (Wildman–Crippen MR) is 124 cm³/mol. The Hall–Kier alpha value is -2.84. The van der Waals surface area contributed by atoms with Crippen LogP contribution < -0.4 is 5.43 Å². The van der Waals surface area contributed by atoms with Gasteiger partial charge in [0.15, 0.2) is 35.4 Å². The summed E-state index contributed by atoms with van der Waals surface area (Å²) in [5.41, 5.74) is 4.20. The normalized spacial score (nSPS) is 24.8. The van der Waals surface area contributed by atoms with Gasteiger partial charge in [-0.1, -0.05) is 6.42 Å². The van der Waals surface area contributed by atoms with Gasteiger partial charge in [0.1, 0.15) is 12.7 Å². The molecule has 2 aliphatic rings. The number of fused-ring (bicyclic) bond motifs is 1. The molecule has 14 heteroatoms. The van der Waals surface area contributed by atoms with Crippen LogP contribution in [0.1, 0.15) is 46.3 Å². The zero-order valence-electron chi connectivity index (χ0n) is 19.6. The highest BCUT2D eigenvalue weighted by atomic mass is 79.9. The van der Waals surface area contributed by atoms with Crippen LogP contribution in [0.15, 0.2) is 11.1 Å². The standard InChI is InChI=1S/C21H27BrN6O7/c1-11(29)32-9-14-16(33-12(2)30)17(34-13(3)31)20(35-14)28-10-23-15-18(24-21(22)25-19(15)28)26-27-7-5-4-6-8-27/h10,14,16-17,20H,4-9H2,1-3H3,(H,24,25,26)/t14-,16-,17-,20-/m1/s1. The minimum absolute atomic E-state index is 0.200. The van der Waals surface area contributed by atoms with Crippen molar-refractivity contribution in [1.29, 1.82) is 0 Å². The molecule has 13 nitrogen and oxygen atoms in total. The number of nitrogens with one attached hydrogen (secondary N) is 1. The molecule has 190 valence electrons. The van der Waals surface area contributed by atoms with Crippen molar-refractivity contribution in [2.45, 2.75) is 64.6 Å². The maximum atomic E-state index is 11.9. The molecule has 4 atom stereocenters. The first kappa shape index (κ1) is 25.3. The summed E-state index contributed by atoms with van der Waals surface area (Å²) in [6, 6.07) is 0. The molecule has 35 heavy (non-hydrogen) atoms. The van der Waals surface area contributed by atoms with Crippen LogP contribution in [0.25, 0.3) is 11.2 Å². The average molecular weight is 555 g/mol. The molecule has 2 aromatic heterocycles. The minimum Gasteiger partial charge on any atom is -0.463 e.